The molecule has 3 heteroatoms. The Bertz CT molecular complexity index is 196. The molecule has 0 spiro atoms. The van der Waals surface area contributed by atoms with Gasteiger partial charge in [-0.3, -0.25) is 4.79 Å². The van der Waals surface area contributed by atoms with Crippen molar-refractivity contribution in [3.8, 4) is 0 Å². The normalized spacial score (nSPS) is 31.2. The third kappa shape index (κ3) is 3.87. The van der Waals surface area contributed by atoms with Gasteiger partial charge in [0.25, 0.3) is 0 Å². The van der Waals surface area contributed by atoms with Gasteiger partial charge in [0.2, 0.25) is 0 Å². The third-order valence-electron chi connectivity index (χ3n) is 3.77. The van der Waals surface area contributed by atoms with E-state index < -0.39 is 0 Å². The maximum absolute atomic E-state index is 11.9. The number of hydrogen-bond donors (Lipinski definition) is 2. The van der Waals surface area contributed by atoms with Gasteiger partial charge in [0, 0.05) is 24.9 Å². The Morgan fingerprint density at radius 2 is 1.38 bits per heavy atom. The van der Waals surface area contributed by atoms with Gasteiger partial charge in [0.05, 0.1) is 0 Å². The lowest BCUT2D eigenvalue weighted by Gasteiger charge is -2.25. The smallest absolute Gasteiger partial charge is 0.136 e. The number of nitrogens with one attached hydrogen (secondary N) is 2. The number of carbonyl (C=O) groups is 1. The van der Waals surface area contributed by atoms with Crippen LogP contribution in [0, 0.1) is 0 Å². The van der Waals surface area contributed by atoms with Crippen molar-refractivity contribution in [3.63, 3.8) is 0 Å². The van der Waals surface area contributed by atoms with E-state index in [0.717, 1.165) is 25.9 Å². The zero-order valence-corrected chi connectivity index (χ0v) is 10.1. The number of Topliss-reactive ketones (excluding diaryl/α,β-unsaturated/α-hetero) is 1. The monoisotopic (exact) mass is 224 g/mol. The minimum Gasteiger partial charge on any atom is -0.314 e. The van der Waals surface area contributed by atoms with Crippen molar-refractivity contribution in [1.29, 1.82) is 0 Å². The predicted molar refractivity (Wildman–Crippen MR) is 65.5 cm³/mol. The Balaban J connectivity index is 1.66. The average molecular weight is 224 g/mol. The van der Waals surface area contributed by atoms with Crippen LogP contribution < -0.4 is 10.6 Å². The van der Waals surface area contributed by atoms with Gasteiger partial charge in [-0.25, -0.2) is 0 Å². The zero-order valence-electron chi connectivity index (χ0n) is 10.1. The highest BCUT2D eigenvalue weighted by Crippen LogP contribution is 2.15. The van der Waals surface area contributed by atoms with E-state index >= 15 is 0 Å². The number of hydrogen-bond acceptors (Lipinski definition) is 3. The molecule has 0 unspecified atom stereocenters. The van der Waals surface area contributed by atoms with Crippen LogP contribution in [0.2, 0.25) is 0 Å². The molecule has 2 aliphatic rings. The van der Waals surface area contributed by atoms with Crippen LogP contribution in [0.15, 0.2) is 0 Å². The third-order valence-corrected chi connectivity index (χ3v) is 3.77. The first-order chi connectivity index (χ1) is 7.84. The SMILES string of the molecule is O=C(C[C@H]1CCCCN1)C[C@H]1CCCCN1. The Hall–Kier alpha value is -0.410. The lowest BCUT2D eigenvalue weighted by molar-refractivity contribution is -0.120. The molecule has 2 N–H and O–H groups in total. The summed E-state index contributed by atoms with van der Waals surface area (Å²) in [7, 11) is 0. The fourth-order valence-corrected chi connectivity index (χ4v) is 2.83. The summed E-state index contributed by atoms with van der Waals surface area (Å²) in [6.45, 7) is 2.19. The molecular formula is C13H24N2O. The number of carbonyl (C=O) groups excluding carboxylic acids is 1. The topological polar surface area (TPSA) is 41.1 Å². The molecule has 0 bridgehead atoms. The molecule has 0 radical (unpaired) electrons. The van der Waals surface area contributed by atoms with Crippen LogP contribution in [0.1, 0.15) is 51.4 Å². The summed E-state index contributed by atoms with van der Waals surface area (Å²) in [5, 5.41) is 6.89. The maximum atomic E-state index is 11.9. The standard InChI is InChI=1S/C13H24N2O/c16-13(9-11-5-1-3-7-14-11)10-12-6-2-4-8-15-12/h11-12,14-15H,1-10H2/t11-,12-/m1/s1. The highest BCUT2D eigenvalue weighted by atomic mass is 16.1. The molecule has 2 fully saturated rings. The molecule has 92 valence electrons. The Morgan fingerprint density at radius 1 is 0.875 bits per heavy atom. The largest absolute Gasteiger partial charge is 0.314 e. The molecule has 2 atom stereocenters. The van der Waals surface area contributed by atoms with Crippen LogP contribution in [-0.2, 0) is 4.79 Å². The van der Waals surface area contributed by atoms with Gasteiger partial charge >= 0.3 is 0 Å². The maximum Gasteiger partial charge on any atom is 0.136 e. The summed E-state index contributed by atoms with van der Waals surface area (Å²) >= 11 is 0. The van der Waals surface area contributed by atoms with E-state index in [0.29, 0.717) is 17.9 Å². The van der Waals surface area contributed by atoms with Gasteiger partial charge in [-0.05, 0) is 38.8 Å². The van der Waals surface area contributed by atoms with Crippen LogP contribution in [0.5, 0.6) is 0 Å². The van der Waals surface area contributed by atoms with Crippen LogP contribution >= 0.6 is 0 Å². The van der Waals surface area contributed by atoms with Crippen molar-refractivity contribution in [3.05, 3.63) is 0 Å². The van der Waals surface area contributed by atoms with Gasteiger partial charge in [0.1, 0.15) is 5.78 Å². The number of rotatable bonds is 4. The van der Waals surface area contributed by atoms with Crippen molar-refractivity contribution in [2.24, 2.45) is 0 Å². The summed E-state index contributed by atoms with van der Waals surface area (Å²) in [5.41, 5.74) is 0. The van der Waals surface area contributed by atoms with E-state index in [4.69, 9.17) is 0 Å². The Morgan fingerprint density at radius 3 is 1.75 bits per heavy atom. The van der Waals surface area contributed by atoms with Crippen molar-refractivity contribution < 1.29 is 4.79 Å². The average Bonchev–Trinajstić information content (AvgIpc) is 2.31. The van der Waals surface area contributed by atoms with Gasteiger partial charge in [-0.1, -0.05) is 12.8 Å². The van der Waals surface area contributed by atoms with Gasteiger partial charge < -0.3 is 10.6 Å². The van der Waals surface area contributed by atoms with Crippen molar-refractivity contribution in [1.82, 2.24) is 10.6 Å². The summed E-state index contributed by atoms with van der Waals surface area (Å²) < 4.78 is 0. The molecule has 2 aliphatic heterocycles. The number of piperidine rings is 2. The fraction of sp³-hybridized carbons (Fsp3) is 0.923. The van der Waals surface area contributed by atoms with Gasteiger partial charge in [-0.2, -0.15) is 0 Å². The first-order valence-corrected chi connectivity index (χ1v) is 6.83. The molecule has 0 aliphatic carbocycles. The van der Waals surface area contributed by atoms with E-state index in [-0.39, 0.29) is 0 Å². The van der Waals surface area contributed by atoms with E-state index in [1.54, 1.807) is 0 Å². The highest BCUT2D eigenvalue weighted by Gasteiger charge is 2.20. The molecule has 0 aromatic carbocycles. The van der Waals surface area contributed by atoms with Crippen molar-refractivity contribution in [2.45, 2.75) is 63.5 Å². The second-order valence-corrected chi connectivity index (χ2v) is 5.24. The highest BCUT2D eigenvalue weighted by molar-refractivity contribution is 5.79. The van der Waals surface area contributed by atoms with E-state index in [1.807, 2.05) is 0 Å². The molecule has 2 saturated heterocycles. The summed E-state index contributed by atoms with van der Waals surface area (Å²) in [5.74, 6) is 0.443. The van der Waals surface area contributed by atoms with Gasteiger partial charge in [-0.15, -0.1) is 0 Å². The molecule has 0 saturated carbocycles. The first-order valence-electron chi connectivity index (χ1n) is 6.83. The van der Waals surface area contributed by atoms with Crippen molar-refractivity contribution in [2.75, 3.05) is 13.1 Å². The minimum atomic E-state index is 0.443. The summed E-state index contributed by atoms with van der Waals surface area (Å²) in [6, 6.07) is 0.926. The van der Waals surface area contributed by atoms with Crippen LogP contribution in [0.3, 0.4) is 0 Å². The van der Waals surface area contributed by atoms with Crippen LogP contribution in [-0.4, -0.2) is 31.0 Å². The van der Waals surface area contributed by atoms with Crippen LogP contribution in [0.4, 0.5) is 0 Å². The molecule has 0 amide bonds. The van der Waals surface area contributed by atoms with Gasteiger partial charge in [0.15, 0.2) is 0 Å². The molecule has 0 aromatic rings. The summed E-state index contributed by atoms with van der Waals surface area (Å²) in [6.07, 6.45) is 8.98. The minimum absolute atomic E-state index is 0.443. The second kappa shape index (κ2) is 6.36. The van der Waals surface area contributed by atoms with E-state index in [9.17, 15) is 4.79 Å². The molecule has 0 aromatic heterocycles. The second-order valence-electron chi connectivity index (χ2n) is 5.24. The van der Waals surface area contributed by atoms with Crippen LogP contribution in [0.25, 0.3) is 0 Å². The molecule has 3 nitrogen and oxygen atoms in total. The first kappa shape index (κ1) is 12.1. The lowest BCUT2D eigenvalue weighted by Crippen LogP contribution is -2.39. The quantitative estimate of drug-likeness (QED) is 0.762. The van der Waals surface area contributed by atoms with E-state index in [2.05, 4.69) is 10.6 Å². The Labute approximate surface area is 98.4 Å². The zero-order chi connectivity index (χ0) is 11.2. The molecule has 2 rings (SSSR count). The summed E-state index contributed by atoms with van der Waals surface area (Å²) in [4.78, 5) is 11.9. The van der Waals surface area contributed by atoms with E-state index in [1.165, 1.54) is 38.5 Å². The number of ketones is 1. The molecular weight excluding hydrogens is 200 g/mol. The fourth-order valence-electron chi connectivity index (χ4n) is 2.83. The Kier molecular flexibility index (Phi) is 4.79. The van der Waals surface area contributed by atoms with Crippen molar-refractivity contribution >= 4 is 5.78 Å². The molecule has 2 heterocycles. The lowest BCUT2D eigenvalue weighted by atomic mass is 9.94. The predicted octanol–water partition coefficient (Wildman–Crippen LogP) is 1.62. The molecule has 16 heavy (non-hydrogen) atoms.